The van der Waals surface area contributed by atoms with Crippen molar-refractivity contribution in [1.29, 1.82) is 0 Å². The summed E-state index contributed by atoms with van der Waals surface area (Å²) in [6.07, 6.45) is -3.06. The smallest absolute Gasteiger partial charge is 0.416 e. The number of ether oxygens (including phenoxy) is 1. The molecule has 0 aliphatic carbocycles. The third-order valence-electron chi connectivity index (χ3n) is 5.30. The van der Waals surface area contributed by atoms with Gasteiger partial charge in [-0.1, -0.05) is 35.3 Å². The van der Waals surface area contributed by atoms with Crippen molar-refractivity contribution in [3.63, 3.8) is 0 Å². The van der Waals surface area contributed by atoms with Crippen LogP contribution in [-0.4, -0.2) is 9.13 Å². The summed E-state index contributed by atoms with van der Waals surface area (Å²) in [5.74, 6) is 0.468. The van der Waals surface area contributed by atoms with Crippen molar-refractivity contribution >= 4 is 23.2 Å². The van der Waals surface area contributed by atoms with Gasteiger partial charge in [-0.25, -0.2) is 0 Å². The second-order valence-electron chi connectivity index (χ2n) is 7.82. The number of halogens is 5. The van der Waals surface area contributed by atoms with E-state index < -0.39 is 17.3 Å². The largest absolute Gasteiger partial charge is 0.453 e. The van der Waals surface area contributed by atoms with Gasteiger partial charge in [0.25, 0.3) is 5.56 Å². The van der Waals surface area contributed by atoms with Crippen molar-refractivity contribution in [2.45, 2.75) is 26.6 Å². The molecule has 4 nitrogen and oxygen atoms in total. The lowest BCUT2D eigenvalue weighted by molar-refractivity contribution is -0.137. The van der Waals surface area contributed by atoms with Crippen LogP contribution in [0.1, 0.15) is 22.5 Å². The number of rotatable bonds is 5. The fourth-order valence-corrected chi connectivity index (χ4v) is 4.26. The lowest BCUT2D eigenvalue weighted by Gasteiger charge is -2.15. The Balaban J connectivity index is 1.63. The Kier molecular flexibility index (Phi) is 6.51. The van der Waals surface area contributed by atoms with E-state index in [1.165, 1.54) is 35.0 Å². The maximum absolute atomic E-state index is 13.0. The van der Waals surface area contributed by atoms with Crippen molar-refractivity contribution < 1.29 is 17.9 Å². The molecular formula is C25H19Cl2F3N2O2. The Hall–Kier alpha value is -3.16. The van der Waals surface area contributed by atoms with E-state index in [2.05, 4.69) is 0 Å². The van der Waals surface area contributed by atoms with E-state index in [9.17, 15) is 18.0 Å². The number of pyridine rings is 1. The summed E-state index contributed by atoms with van der Waals surface area (Å²) in [5.41, 5.74) is 1.96. The molecule has 0 atom stereocenters. The SMILES string of the molecule is Cc1ccc(C)n1-c1cc(Cl)c(Oc2ccc(=O)n(Cc3cccc(C(F)(F)F)c3)c2)c(Cl)c1. The number of alkyl halides is 3. The molecule has 0 radical (unpaired) electrons. The lowest BCUT2D eigenvalue weighted by Crippen LogP contribution is -2.19. The van der Waals surface area contributed by atoms with E-state index in [0.29, 0.717) is 5.56 Å². The number of benzene rings is 2. The van der Waals surface area contributed by atoms with Gasteiger partial charge in [-0.2, -0.15) is 13.2 Å². The number of hydrogen-bond acceptors (Lipinski definition) is 2. The molecule has 4 aromatic rings. The maximum Gasteiger partial charge on any atom is 0.416 e. The number of aryl methyl sites for hydroxylation is 2. The van der Waals surface area contributed by atoms with Crippen molar-refractivity contribution in [3.8, 4) is 17.2 Å². The van der Waals surface area contributed by atoms with Crippen LogP contribution < -0.4 is 10.3 Å². The molecule has 0 unspecified atom stereocenters. The zero-order valence-electron chi connectivity index (χ0n) is 18.2. The highest BCUT2D eigenvalue weighted by atomic mass is 35.5. The van der Waals surface area contributed by atoms with Crippen molar-refractivity contribution in [2.75, 3.05) is 0 Å². The van der Waals surface area contributed by atoms with Gasteiger partial charge in [-0.05, 0) is 61.9 Å². The molecule has 0 saturated heterocycles. The maximum atomic E-state index is 13.0. The lowest BCUT2D eigenvalue weighted by atomic mass is 10.1. The van der Waals surface area contributed by atoms with E-state index in [-0.39, 0.29) is 28.1 Å². The molecule has 34 heavy (non-hydrogen) atoms. The van der Waals surface area contributed by atoms with Gasteiger partial charge in [0, 0.05) is 23.1 Å². The predicted octanol–water partition coefficient (Wildman–Crippen LogP) is 7.42. The van der Waals surface area contributed by atoms with Crippen LogP contribution in [0.25, 0.3) is 5.69 Å². The fourth-order valence-electron chi connectivity index (χ4n) is 3.70. The molecule has 2 aromatic heterocycles. The average molecular weight is 507 g/mol. The Morgan fingerprint density at radius 1 is 0.912 bits per heavy atom. The first kappa shape index (κ1) is 24.0. The molecule has 0 amide bonds. The van der Waals surface area contributed by atoms with Gasteiger partial charge in [0.15, 0.2) is 5.75 Å². The molecule has 2 heterocycles. The van der Waals surface area contributed by atoms with E-state index in [1.807, 2.05) is 30.5 Å². The molecule has 0 aliphatic heterocycles. The van der Waals surface area contributed by atoms with Crippen LogP contribution in [0.3, 0.4) is 0 Å². The predicted molar refractivity (Wildman–Crippen MR) is 127 cm³/mol. The topological polar surface area (TPSA) is 36.2 Å². The third-order valence-corrected chi connectivity index (χ3v) is 5.86. The molecule has 0 bridgehead atoms. The third kappa shape index (κ3) is 5.00. The molecule has 176 valence electrons. The van der Waals surface area contributed by atoms with Crippen molar-refractivity contribution in [3.05, 3.63) is 110 Å². The highest BCUT2D eigenvalue weighted by molar-refractivity contribution is 6.37. The minimum absolute atomic E-state index is 0.0630. The first-order chi connectivity index (χ1) is 16.0. The molecule has 0 spiro atoms. The normalized spacial score (nSPS) is 11.6. The van der Waals surface area contributed by atoms with Gasteiger partial charge in [-0.3, -0.25) is 4.79 Å². The summed E-state index contributed by atoms with van der Waals surface area (Å²) in [6.45, 7) is 3.87. The minimum Gasteiger partial charge on any atom is -0.453 e. The van der Waals surface area contributed by atoms with Crippen LogP contribution in [0.5, 0.6) is 11.5 Å². The Morgan fingerprint density at radius 2 is 1.56 bits per heavy atom. The fraction of sp³-hybridized carbons (Fsp3) is 0.160. The number of nitrogens with zero attached hydrogens (tertiary/aromatic N) is 2. The van der Waals surface area contributed by atoms with Crippen LogP contribution >= 0.6 is 23.2 Å². The Labute approximate surface area is 203 Å². The van der Waals surface area contributed by atoms with Crippen molar-refractivity contribution in [2.24, 2.45) is 0 Å². The molecular weight excluding hydrogens is 488 g/mol. The first-order valence-corrected chi connectivity index (χ1v) is 11.0. The Morgan fingerprint density at radius 3 is 2.18 bits per heavy atom. The standard InChI is InChI=1S/C25H19Cl2F3N2O2/c1-15-6-7-16(2)32(15)19-11-21(26)24(22(27)12-19)34-20-8-9-23(33)31(14-20)13-17-4-3-5-18(10-17)25(28,29)30/h3-12,14H,13H2,1-2H3. The van der Waals surface area contributed by atoms with Gasteiger partial charge < -0.3 is 13.9 Å². The van der Waals surface area contributed by atoms with Gasteiger partial charge >= 0.3 is 6.18 Å². The van der Waals surface area contributed by atoms with Crippen LogP contribution in [0, 0.1) is 13.8 Å². The highest BCUT2D eigenvalue weighted by Gasteiger charge is 2.30. The molecule has 4 rings (SSSR count). The van der Waals surface area contributed by atoms with E-state index in [0.717, 1.165) is 29.2 Å². The van der Waals surface area contributed by atoms with Gasteiger partial charge in [0.2, 0.25) is 0 Å². The highest BCUT2D eigenvalue weighted by Crippen LogP contribution is 2.39. The van der Waals surface area contributed by atoms with E-state index >= 15 is 0 Å². The van der Waals surface area contributed by atoms with Gasteiger partial charge in [0.1, 0.15) is 5.75 Å². The Bertz CT molecular complexity index is 1380. The summed E-state index contributed by atoms with van der Waals surface area (Å²) in [4.78, 5) is 12.3. The summed E-state index contributed by atoms with van der Waals surface area (Å²) in [6, 6.07) is 14.9. The van der Waals surface area contributed by atoms with Crippen LogP contribution in [0.4, 0.5) is 13.2 Å². The molecule has 2 aromatic carbocycles. The quantitative estimate of drug-likeness (QED) is 0.282. The molecule has 0 fully saturated rings. The number of hydrogen-bond donors (Lipinski definition) is 0. The van der Waals surface area contributed by atoms with Crippen molar-refractivity contribution in [1.82, 2.24) is 9.13 Å². The molecule has 0 N–H and O–H groups in total. The first-order valence-electron chi connectivity index (χ1n) is 10.2. The van der Waals surface area contributed by atoms with E-state index in [4.69, 9.17) is 27.9 Å². The van der Waals surface area contributed by atoms with Gasteiger partial charge in [0.05, 0.1) is 28.4 Å². The summed E-state index contributed by atoms with van der Waals surface area (Å²) in [5, 5.41) is 0.538. The summed E-state index contributed by atoms with van der Waals surface area (Å²) < 4.78 is 48.2. The van der Waals surface area contributed by atoms with Crippen LogP contribution in [0.2, 0.25) is 10.0 Å². The zero-order valence-corrected chi connectivity index (χ0v) is 19.7. The van der Waals surface area contributed by atoms with Crippen LogP contribution in [-0.2, 0) is 12.7 Å². The molecule has 9 heteroatoms. The zero-order chi connectivity index (χ0) is 24.6. The summed E-state index contributed by atoms with van der Waals surface area (Å²) in [7, 11) is 0. The average Bonchev–Trinajstić information content (AvgIpc) is 3.10. The number of aromatic nitrogens is 2. The second kappa shape index (κ2) is 9.24. The second-order valence-corrected chi connectivity index (χ2v) is 8.64. The van der Waals surface area contributed by atoms with Crippen LogP contribution in [0.15, 0.2) is 71.7 Å². The monoisotopic (exact) mass is 506 g/mol. The molecule has 0 saturated carbocycles. The molecule has 0 aliphatic rings. The van der Waals surface area contributed by atoms with Gasteiger partial charge in [-0.15, -0.1) is 0 Å². The summed E-state index contributed by atoms with van der Waals surface area (Å²) >= 11 is 12.9. The minimum atomic E-state index is -4.47. The van der Waals surface area contributed by atoms with E-state index in [1.54, 1.807) is 12.1 Å².